The van der Waals surface area contributed by atoms with Gasteiger partial charge in [-0.05, 0) is 31.9 Å². The van der Waals surface area contributed by atoms with Crippen molar-refractivity contribution in [2.75, 3.05) is 0 Å². The van der Waals surface area contributed by atoms with Gasteiger partial charge >= 0.3 is 0 Å². The van der Waals surface area contributed by atoms with Gasteiger partial charge in [0.25, 0.3) is 0 Å². The minimum atomic E-state index is -1.07. The molecule has 0 aromatic carbocycles. The Balaban J connectivity index is 3.06. The van der Waals surface area contributed by atoms with Crippen molar-refractivity contribution in [3.8, 4) is 11.8 Å². The molecule has 1 N–H and O–H groups in total. The summed E-state index contributed by atoms with van der Waals surface area (Å²) in [4.78, 5) is 14.5. The SMILES string of the molecule is CC(C)(O)C#Cc1ncccc1C=O. The molecule has 0 bridgehead atoms. The summed E-state index contributed by atoms with van der Waals surface area (Å²) >= 11 is 0. The van der Waals surface area contributed by atoms with Gasteiger partial charge in [0.2, 0.25) is 0 Å². The number of hydrogen-bond acceptors (Lipinski definition) is 3. The Kier molecular flexibility index (Phi) is 3.00. The third kappa shape index (κ3) is 3.00. The van der Waals surface area contributed by atoms with Crippen LogP contribution in [-0.2, 0) is 0 Å². The molecule has 0 fully saturated rings. The predicted molar refractivity (Wildman–Crippen MR) is 52.8 cm³/mol. The monoisotopic (exact) mass is 189 g/mol. The lowest BCUT2D eigenvalue weighted by molar-refractivity contribution is 0.112. The molecule has 0 unspecified atom stereocenters. The van der Waals surface area contributed by atoms with E-state index in [4.69, 9.17) is 0 Å². The fraction of sp³-hybridized carbons (Fsp3) is 0.273. The average molecular weight is 189 g/mol. The first-order chi connectivity index (χ1) is 6.53. The van der Waals surface area contributed by atoms with Gasteiger partial charge in [0, 0.05) is 11.8 Å². The number of rotatable bonds is 1. The van der Waals surface area contributed by atoms with E-state index >= 15 is 0 Å². The van der Waals surface area contributed by atoms with E-state index in [1.54, 1.807) is 32.2 Å². The molecule has 72 valence electrons. The molecule has 0 saturated heterocycles. The van der Waals surface area contributed by atoms with Crippen LogP contribution in [0.5, 0.6) is 0 Å². The van der Waals surface area contributed by atoms with E-state index in [1.807, 2.05) is 0 Å². The third-order valence-electron chi connectivity index (χ3n) is 1.45. The second-order valence-corrected chi connectivity index (χ2v) is 3.37. The molecule has 0 aliphatic rings. The summed E-state index contributed by atoms with van der Waals surface area (Å²) in [6.07, 6.45) is 2.25. The van der Waals surface area contributed by atoms with Crippen molar-refractivity contribution in [2.24, 2.45) is 0 Å². The van der Waals surface area contributed by atoms with Crippen LogP contribution in [0.25, 0.3) is 0 Å². The van der Waals surface area contributed by atoms with E-state index < -0.39 is 5.60 Å². The summed E-state index contributed by atoms with van der Waals surface area (Å²) in [7, 11) is 0. The van der Waals surface area contributed by atoms with Crippen molar-refractivity contribution in [2.45, 2.75) is 19.4 Å². The zero-order valence-corrected chi connectivity index (χ0v) is 8.11. The van der Waals surface area contributed by atoms with E-state index in [9.17, 15) is 9.90 Å². The molecule has 0 spiro atoms. The lowest BCUT2D eigenvalue weighted by Crippen LogP contribution is -2.14. The normalized spacial score (nSPS) is 10.2. The van der Waals surface area contributed by atoms with Crippen LogP contribution in [0.2, 0.25) is 0 Å². The lowest BCUT2D eigenvalue weighted by Gasteiger charge is -2.05. The number of carbonyl (C=O) groups excluding carboxylic acids is 1. The number of aldehydes is 1. The molecule has 1 aromatic heterocycles. The van der Waals surface area contributed by atoms with Gasteiger partial charge in [-0.3, -0.25) is 4.79 Å². The Bertz CT molecular complexity index is 394. The largest absolute Gasteiger partial charge is 0.378 e. The molecule has 1 heterocycles. The van der Waals surface area contributed by atoms with Gasteiger partial charge in [0.05, 0.1) is 0 Å². The lowest BCUT2D eigenvalue weighted by atomic mass is 10.1. The number of nitrogens with zero attached hydrogens (tertiary/aromatic N) is 1. The van der Waals surface area contributed by atoms with Crippen LogP contribution in [0.15, 0.2) is 18.3 Å². The quantitative estimate of drug-likeness (QED) is 0.530. The zero-order valence-electron chi connectivity index (χ0n) is 8.11. The molecule has 3 nitrogen and oxygen atoms in total. The van der Waals surface area contributed by atoms with Crippen LogP contribution >= 0.6 is 0 Å². The maximum Gasteiger partial charge on any atom is 0.152 e. The summed E-state index contributed by atoms with van der Waals surface area (Å²) in [5.41, 5.74) is -0.244. The number of carbonyl (C=O) groups is 1. The number of aliphatic hydroxyl groups is 1. The van der Waals surface area contributed by atoms with Crippen molar-refractivity contribution in [1.29, 1.82) is 0 Å². The first kappa shape index (κ1) is 10.4. The topological polar surface area (TPSA) is 50.2 Å². The standard InChI is InChI=1S/C11H11NO2/c1-11(2,14)6-5-10-9(8-13)4-3-7-12-10/h3-4,7-8,14H,1-2H3. The maximum absolute atomic E-state index is 10.6. The molecule has 0 radical (unpaired) electrons. The van der Waals surface area contributed by atoms with Crippen LogP contribution in [-0.4, -0.2) is 22.0 Å². The second-order valence-electron chi connectivity index (χ2n) is 3.37. The zero-order chi connectivity index (χ0) is 10.6. The highest BCUT2D eigenvalue weighted by molar-refractivity contribution is 5.78. The van der Waals surface area contributed by atoms with Crippen LogP contribution in [0.4, 0.5) is 0 Å². The minimum absolute atomic E-state index is 0.393. The van der Waals surface area contributed by atoms with Gasteiger partial charge in [0.15, 0.2) is 6.29 Å². The third-order valence-corrected chi connectivity index (χ3v) is 1.45. The molecule has 0 atom stereocenters. The highest BCUT2D eigenvalue weighted by atomic mass is 16.3. The Morgan fingerprint density at radius 2 is 2.29 bits per heavy atom. The van der Waals surface area contributed by atoms with E-state index in [0.29, 0.717) is 17.5 Å². The first-order valence-corrected chi connectivity index (χ1v) is 4.19. The Hall–Kier alpha value is -1.66. The Morgan fingerprint density at radius 3 is 2.86 bits per heavy atom. The molecule has 0 saturated carbocycles. The molecule has 0 aliphatic carbocycles. The summed E-state index contributed by atoms with van der Waals surface area (Å²) in [5.74, 6) is 5.26. The Morgan fingerprint density at radius 1 is 1.57 bits per heavy atom. The molecule has 1 rings (SSSR count). The summed E-state index contributed by atoms with van der Waals surface area (Å²) in [6.45, 7) is 3.15. The van der Waals surface area contributed by atoms with Gasteiger partial charge in [-0.15, -0.1) is 0 Å². The van der Waals surface area contributed by atoms with Gasteiger partial charge < -0.3 is 5.11 Å². The van der Waals surface area contributed by atoms with E-state index in [-0.39, 0.29) is 0 Å². The molecule has 1 aromatic rings. The Labute approximate surface area is 82.8 Å². The number of aromatic nitrogens is 1. The summed E-state index contributed by atoms with van der Waals surface area (Å²) in [6, 6.07) is 3.30. The van der Waals surface area contributed by atoms with Gasteiger partial charge in [-0.1, -0.05) is 5.92 Å². The first-order valence-electron chi connectivity index (χ1n) is 4.19. The molecular formula is C11H11NO2. The van der Waals surface area contributed by atoms with Crippen molar-refractivity contribution >= 4 is 6.29 Å². The minimum Gasteiger partial charge on any atom is -0.378 e. The maximum atomic E-state index is 10.6. The molecule has 0 amide bonds. The van der Waals surface area contributed by atoms with Crippen LogP contribution in [0, 0.1) is 11.8 Å². The van der Waals surface area contributed by atoms with E-state index in [2.05, 4.69) is 16.8 Å². The van der Waals surface area contributed by atoms with Crippen molar-refractivity contribution < 1.29 is 9.90 Å². The van der Waals surface area contributed by atoms with Crippen LogP contribution in [0.3, 0.4) is 0 Å². The van der Waals surface area contributed by atoms with Gasteiger partial charge in [0.1, 0.15) is 11.3 Å². The molecule has 0 aliphatic heterocycles. The predicted octanol–water partition coefficient (Wildman–Crippen LogP) is 1.02. The van der Waals surface area contributed by atoms with Crippen LogP contribution in [0.1, 0.15) is 29.9 Å². The van der Waals surface area contributed by atoms with Crippen molar-refractivity contribution in [3.63, 3.8) is 0 Å². The van der Waals surface area contributed by atoms with Gasteiger partial charge in [-0.2, -0.15) is 0 Å². The van der Waals surface area contributed by atoms with E-state index in [1.165, 1.54) is 0 Å². The molecular weight excluding hydrogens is 178 g/mol. The van der Waals surface area contributed by atoms with E-state index in [0.717, 1.165) is 0 Å². The highest BCUT2D eigenvalue weighted by Gasteiger charge is 2.06. The van der Waals surface area contributed by atoms with Crippen molar-refractivity contribution in [1.82, 2.24) is 4.98 Å². The average Bonchev–Trinajstić information content (AvgIpc) is 2.14. The smallest absolute Gasteiger partial charge is 0.152 e. The highest BCUT2D eigenvalue weighted by Crippen LogP contribution is 2.02. The van der Waals surface area contributed by atoms with Crippen molar-refractivity contribution in [3.05, 3.63) is 29.6 Å². The fourth-order valence-corrected chi connectivity index (χ4v) is 0.829. The molecule has 14 heavy (non-hydrogen) atoms. The number of pyridine rings is 1. The second kappa shape index (κ2) is 4.03. The summed E-state index contributed by atoms with van der Waals surface area (Å²) < 4.78 is 0. The van der Waals surface area contributed by atoms with Gasteiger partial charge in [-0.25, -0.2) is 4.98 Å². The fourth-order valence-electron chi connectivity index (χ4n) is 0.829. The van der Waals surface area contributed by atoms with Crippen LogP contribution < -0.4 is 0 Å². The number of hydrogen-bond donors (Lipinski definition) is 1. The molecule has 3 heteroatoms. The summed E-state index contributed by atoms with van der Waals surface area (Å²) in [5, 5.41) is 9.35.